The van der Waals surface area contributed by atoms with Gasteiger partial charge < -0.3 is 15.5 Å². The summed E-state index contributed by atoms with van der Waals surface area (Å²) in [7, 11) is 4.05. The molecule has 0 radical (unpaired) electrons. The van der Waals surface area contributed by atoms with Crippen LogP contribution in [0.2, 0.25) is 0 Å². The molecule has 1 aliphatic rings. The molecule has 1 aliphatic carbocycles. The summed E-state index contributed by atoms with van der Waals surface area (Å²) in [6, 6.07) is 15.6. The molecule has 2 aromatic rings. The van der Waals surface area contributed by atoms with Gasteiger partial charge in [-0.05, 0) is 61.1 Å². The molecule has 0 bridgehead atoms. The van der Waals surface area contributed by atoms with Crippen LogP contribution in [0.4, 0.5) is 11.4 Å². The Bertz CT molecular complexity index is 830. The third-order valence-electron chi connectivity index (χ3n) is 5.22. The molecule has 2 N–H and O–H groups in total. The average molecular weight is 380 g/mol. The SMILES string of the molecule is CC1CC1C(=O)Nc1cccc(C(=O)NCCCc2ccc(N(C)C)cc2)c1. The second-order valence-corrected chi connectivity index (χ2v) is 7.81. The topological polar surface area (TPSA) is 61.4 Å². The zero-order chi connectivity index (χ0) is 20.1. The number of benzene rings is 2. The summed E-state index contributed by atoms with van der Waals surface area (Å²) < 4.78 is 0. The lowest BCUT2D eigenvalue weighted by molar-refractivity contribution is -0.117. The highest BCUT2D eigenvalue weighted by Crippen LogP contribution is 2.38. The van der Waals surface area contributed by atoms with Crippen molar-refractivity contribution in [2.24, 2.45) is 11.8 Å². The second kappa shape index (κ2) is 8.91. The van der Waals surface area contributed by atoms with Gasteiger partial charge >= 0.3 is 0 Å². The third kappa shape index (κ3) is 5.35. The van der Waals surface area contributed by atoms with E-state index >= 15 is 0 Å². The fraction of sp³-hybridized carbons (Fsp3) is 0.391. The average Bonchev–Trinajstić information content (AvgIpc) is 3.42. The van der Waals surface area contributed by atoms with Gasteiger partial charge in [0.05, 0.1) is 0 Å². The maximum Gasteiger partial charge on any atom is 0.251 e. The maximum atomic E-state index is 12.4. The number of aryl methyl sites for hydroxylation is 1. The first kappa shape index (κ1) is 19.9. The third-order valence-corrected chi connectivity index (χ3v) is 5.22. The Morgan fingerprint density at radius 3 is 2.46 bits per heavy atom. The van der Waals surface area contributed by atoms with Crippen LogP contribution in [0.5, 0.6) is 0 Å². The number of rotatable bonds is 8. The van der Waals surface area contributed by atoms with E-state index in [0.717, 1.165) is 19.3 Å². The van der Waals surface area contributed by atoms with Gasteiger partial charge in [0.25, 0.3) is 5.91 Å². The van der Waals surface area contributed by atoms with E-state index in [2.05, 4.69) is 46.7 Å². The highest BCUT2D eigenvalue weighted by Gasteiger charge is 2.39. The minimum absolute atomic E-state index is 0.0466. The monoisotopic (exact) mass is 379 g/mol. The predicted molar refractivity (Wildman–Crippen MR) is 114 cm³/mol. The first-order valence-electron chi connectivity index (χ1n) is 9.89. The Morgan fingerprint density at radius 1 is 1.11 bits per heavy atom. The van der Waals surface area contributed by atoms with Gasteiger partial charge in [-0.25, -0.2) is 0 Å². The van der Waals surface area contributed by atoms with Crippen molar-refractivity contribution in [1.29, 1.82) is 0 Å². The van der Waals surface area contributed by atoms with Gasteiger partial charge in [0, 0.05) is 43.5 Å². The lowest BCUT2D eigenvalue weighted by atomic mass is 10.1. The molecule has 28 heavy (non-hydrogen) atoms. The van der Waals surface area contributed by atoms with Crippen molar-refractivity contribution in [3.63, 3.8) is 0 Å². The van der Waals surface area contributed by atoms with Crippen molar-refractivity contribution < 1.29 is 9.59 Å². The van der Waals surface area contributed by atoms with Crippen molar-refractivity contribution in [1.82, 2.24) is 5.32 Å². The number of nitrogens with one attached hydrogen (secondary N) is 2. The smallest absolute Gasteiger partial charge is 0.251 e. The first-order chi connectivity index (χ1) is 13.4. The van der Waals surface area contributed by atoms with Gasteiger partial charge in [-0.2, -0.15) is 0 Å². The summed E-state index contributed by atoms with van der Waals surface area (Å²) in [6.07, 6.45) is 2.75. The molecule has 2 amide bonds. The molecule has 2 atom stereocenters. The summed E-state index contributed by atoms with van der Waals surface area (Å²) in [5, 5.41) is 5.87. The highest BCUT2D eigenvalue weighted by atomic mass is 16.2. The lowest BCUT2D eigenvalue weighted by Gasteiger charge is -2.12. The zero-order valence-corrected chi connectivity index (χ0v) is 16.9. The van der Waals surface area contributed by atoms with Crippen LogP contribution in [0.1, 0.15) is 35.7 Å². The van der Waals surface area contributed by atoms with Crippen molar-refractivity contribution >= 4 is 23.2 Å². The van der Waals surface area contributed by atoms with Gasteiger partial charge in [-0.3, -0.25) is 9.59 Å². The molecule has 2 unspecified atom stereocenters. The number of carbonyl (C=O) groups excluding carboxylic acids is 2. The summed E-state index contributed by atoms with van der Waals surface area (Å²) in [5.41, 5.74) is 3.69. The van der Waals surface area contributed by atoms with Gasteiger partial charge in [-0.15, -0.1) is 0 Å². The summed E-state index contributed by atoms with van der Waals surface area (Å²) >= 11 is 0. The van der Waals surface area contributed by atoms with E-state index in [1.54, 1.807) is 18.2 Å². The van der Waals surface area contributed by atoms with E-state index in [1.165, 1.54) is 11.3 Å². The fourth-order valence-electron chi connectivity index (χ4n) is 3.22. The fourth-order valence-corrected chi connectivity index (χ4v) is 3.22. The molecule has 3 rings (SSSR count). The van der Waals surface area contributed by atoms with Gasteiger partial charge in [-0.1, -0.05) is 25.1 Å². The van der Waals surface area contributed by atoms with Crippen LogP contribution in [0.3, 0.4) is 0 Å². The number of hydrogen-bond acceptors (Lipinski definition) is 3. The molecule has 5 heteroatoms. The van der Waals surface area contributed by atoms with Gasteiger partial charge in [0.15, 0.2) is 0 Å². The van der Waals surface area contributed by atoms with E-state index in [1.807, 2.05) is 20.2 Å². The summed E-state index contributed by atoms with van der Waals surface area (Å²) in [6.45, 7) is 2.69. The maximum absolute atomic E-state index is 12.4. The van der Waals surface area contributed by atoms with Crippen LogP contribution >= 0.6 is 0 Å². The van der Waals surface area contributed by atoms with E-state index in [4.69, 9.17) is 0 Å². The Labute approximate surface area is 167 Å². The minimum Gasteiger partial charge on any atom is -0.378 e. The number of carbonyl (C=O) groups is 2. The molecular formula is C23H29N3O2. The lowest BCUT2D eigenvalue weighted by Crippen LogP contribution is -2.25. The van der Waals surface area contributed by atoms with Crippen LogP contribution in [0.15, 0.2) is 48.5 Å². The number of anilines is 2. The molecule has 0 aliphatic heterocycles. The molecule has 0 aromatic heterocycles. The molecule has 0 heterocycles. The normalized spacial score (nSPS) is 17.7. The number of hydrogen-bond donors (Lipinski definition) is 2. The Hall–Kier alpha value is -2.82. The standard InChI is InChI=1S/C23H29N3O2/c1-16-14-21(16)23(28)25-19-8-4-7-18(15-19)22(27)24-13-5-6-17-9-11-20(12-10-17)26(2)3/h4,7-12,15-16,21H,5-6,13-14H2,1-3H3,(H,24,27)(H,25,28). The van der Waals surface area contributed by atoms with E-state index < -0.39 is 0 Å². The Morgan fingerprint density at radius 2 is 1.82 bits per heavy atom. The number of amides is 2. The van der Waals surface area contributed by atoms with Crippen LogP contribution in [-0.2, 0) is 11.2 Å². The molecule has 0 saturated heterocycles. The van der Waals surface area contributed by atoms with E-state index in [0.29, 0.717) is 23.7 Å². The van der Waals surface area contributed by atoms with E-state index in [-0.39, 0.29) is 17.7 Å². The van der Waals surface area contributed by atoms with Gasteiger partial charge in [0.1, 0.15) is 0 Å². The minimum atomic E-state index is -0.112. The van der Waals surface area contributed by atoms with Crippen LogP contribution in [0.25, 0.3) is 0 Å². The Balaban J connectivity index is 1.44. The molecular weight excluding hydrogens is 350 g/mol. The molecule has 0 spiro atoms. The summed E-state index contributed by atoms with van der Waals surface area (Å²) in [4.78, 5) is 26.5. The largest absolute Gasteiger partial charge is 0.378 e. The molecule has 5 nitrogen and oxygen atoms in total. The highest BCUT2D eigenvalue weighted by molar-refractivity contribution is 5.98. The predicted octanol–water partition coefficient (Wildman–Crippen LogP) is 3.71. The van der Waals surface area contributed by atoms with E-state index in [9.17, 15) is 9.59 Å². The van der Waals surface area contributed by atoms with Crippen LogP contribution in [-0.4, -0.2) is 32.5 Å². The van der Waals surface area contributed by atoms with Crippen LogP contribution in [0, 0.1) is 11.8 Å². The van der Waals surface area contributed by atoms with Crippen molar-refractivity contribution in [3.8, 4) is 0 Å². The Kier molecular flexibility index (Phi) is 6.34. The molecule has 1 saturated carbocycles. The van der Waals surface area contributed by atoms with Crippen LogP contribution < -0.4 is 15.5 Å². The number of nitrogens with zero attached hydrogens (tertiary/aromatic N) is 1. The first-order valence-corrected chi connectivity index (χ1v) is 9.89. The van der Waals surface area contributed by atoms with Gasteiger partial charge in [0.2, 0.25) is 5.91 Å². The zero-order valence-electron chi connectivity index (χ0n) is 16.9. The quantitative estimate of drug-likeness (QED) is 0.688. The second-order valence-electron chi connectivity index (χ2n) is 7.81. The molecule has 1 fully saturated rings. The molecule has 148 valence electrons. The summed E-state index contributed by atoms with van der Waals surface area (Å²) in [5.74, 6) is 0.513. The van der Waals surface area contributed by atoms with Crippen molar-refractivity contribution in [2.75, 3.05) is 30.9 Å². The molecule has 2 aromatic carbocycles. The van der Waals surface area contributed by atoms with Crippen molar-refractivity contribution in [2.45, 2.75) is 26.2 Å². The van der Waals surface area contributed by atoms with Crippen molar-refractivity contribution in [3.05, 3.63) is 59.7 Å².